The molecule has 0 aliphatic heterocycles. The van der Waals surface area contributed by atoms with Crippen molar-refractivity contribution in [3.63, 3.8) is 0 Å². The lowest BCUT2D eigenvalue weighted by molar-refractivity contribution is -0.148. The average molecular weight is 265 g/mol. The van der Waals surface area contributed by atoms with Crippen LogP contribution in [0.15, 0.2) is 18.2 Å². The SMILES string of the molecule is Cc1ccc(C)c(OCC(=O)N(C)C(C)C(=O)O)c1. The maximum atomic E-state index is 11.8. The van der Waals surface area contributed by atoms with Crippen molar-refractivity contribution in [3.8, 4) is 5.75 Å². The van der Waals surface area contributed by atoms with Crippen LogP contribution in [0.3, 0.4) is 0 Å². The van der Waals surface area contributed by atoms with Gasteiger partial charge in [0.25, 0.3) is 5.91 Å². The van der Waals surface area contributed by atoms with E-state index < -0.39 is 12.0 Å². The van der Waals surface area contributed by atoms with E-state index in [2.05, 4.69) is 0 Å². The number of carboxylic acids is 1. The zero-order chi connectivity index (χ0) is 14.6. The van der Waals surface area contributed by atoms with Crippen molar-refractivity contribution in [2.24, 2.45) is 0 Å². The highest BCUT2D eigenvalue weighted by Crippen LogP contribution is 2.19. The van der Waals surface area contributed by atoms with Gasteiger partial charge >= 0.3 is 5.97 Å². The topological polar surface area (TPSA) is 66.8 Å². The minimum Gasteiger partial charge on any atom is -0.483 e. The fraction of sp³-hybridized carbons (Fsp3) is 0.429. The first-order valence-corrected chi connectivity index (χ1v) is 6.01. The number of ether oxygens (including phenoxy) is 1. The van der Waals surface area contributed by atoms with Crippen LogP contribution in [0.2, 0.25) is 0 Å². The van der Waals surface area contributed by atoms with E-state index in [-0.39, 0.29) is 12.5 Å². The summed E-state index contributed by atoms with van der Waals surface area (Å²) in [6.07, 6.45) is 0. The minimum absolute atomic E-state index is 0.168. The van der Waals surface area contributed by atoms with E-state index in [4.69, 9.17) is 9.84 Å². The second-order valence-electron chi connectivity index (χ2n) is 4.58. The molecule has 0 bridgehead atoms. The van der Waals surface area contributed by atoms with Gasteiger partial charge in [0, 0.05) is 7.05 Å². The molecule has 1 atom stereocenters. The summed E-state index contributed by atoms with van der Waals surface area (Å²) in [5.74, 6) is -0.761. The third-order valence-corrected chi connectivity index (χ3v) is 3.03. The number of rotatable bonds is 5. The molecule has 0 saturated carbocycles. The average Bonchev–Trinajstić information content (AvgIpc) is 2.37. The Hall–Kier alpha value is -2.04. The molecule has 1 aromatic carbocycles. The second-order valence-corrected chi connectivity index (χ2v) is 4.58. The van der Waals surface area contributed by atoms with E-state index >= 15 is 0 Å². The molecule has 5 heteroatoms. The van der Waals surface area contributed by atoms with Gasteiger partial charge in [-0.25, -0.2) is 4.79 Å². The lowest BCUT2D eigenvalue weighted by Crippen LogP contribution is -2.42. The van der Waals surface area contributed by atoms with E-state index in [1.54, 1.807) is 0 Å². The molecule has 1 N–H and O–H groups in total. The van der Waals surface area contributed by atoms with E-state index in [0.29, 0.717) is 5.75 Å². The van der Waals surface area contributed by atoms with E-state index in [1.165, 1.54) is 14.0 Å². The van der Waals surface area contributed by atoms with Crippen molar-refractivity contribution in [2.75, 3.05) is 13.7 Å². The summed E-state index contributed by atoms with van der Waals surface area (Å²) >= 11 is 0. The number of nitrogens with zero attached hydrogens (tertiary/aromatic N) is 1. The predicted molar refractivity (Wildman–Crippen MR) is 71.3 cm³/mol. The highest BCUT2D eigenvalue weighted by molar-refractivity contribution is 5.84. The van der Waals surface area contributed by atoms with Gasteiger partial charge in [-0.2, -0.15) is 0 Å². The van der Waals surface area contributed by atoms with Gasteiger partial charge in [0.2, 0.25) is 0 Å². The van der Waals surface area contributed by atoms with Gasteiger partial charge in [0.15, 0.2) is 6.61 Å². The Morgan fingerprint density at radius 2 is 2.00 bits per heavy atom. The summed E-state index contributed by atoms with van der Waals surface area (Å²) in [6, 6.07) is 4.86. The largest absolute Gasteiger partial charge is 0.483 e. The first-order valence-electron chi connectivity index (χ1n) is 6.01. The lowest BCUT2D eigenvalue weighted by Gasteiger charge is -2.21. The standard InChI is InChI=1S/C14H19NO4/c1-9-5-6-10(2)12(7-9)19-8-13(16)15(4)11(3)14(17)18/h5-7,11H,8H2,1-4H3,(H,17,18). The number of hydrogen-bond acceptors (Lipinski definition) is 3. The van der Waals surface area contributed by atoms with E-state index in [9.17, 15) is 9.59 Å². The van der Waals surface area contributed by atoms with Gasteiger partial charge in [-0.1, -0.05) is 12.1 Å². The second kappa shape index (κ2) is 6.22. The fourth-order valence-corrected chi connectivity index (χ4v) is 1.49. The molecule has 0 aliphatic rings. The van der Waals surface area contributed by atoms with Gasteiger partial charge in [-0.3, -0.25) is 4.79 Å². The molecule has 5 nitrogen and oxygen atoms in total. The molecular weight excluding hydrogens is 246 g/mol. The molecule has 0 saturated heterocycles. The number of benzene rings is 1. The van der Waals surface area contributed by atoms with Crippen LogP contribution in [-0.4, -0.2) is 41.6 Å². The molecular formula is C14H19NO4. The minimum atomic E-state index is -1.04. The van der Waals surface area contributed by atoms with Gasteiger partial charge in [-0.05, 0) is 38.0 Å². The molecule has 0 spiro atoms. The molecule has 19 heavy (non-hydrogen) atoms. The summed E-state index contributed by atoms with van der Waals surface area (Å²) in [5.41, 5.74) is 1.98. The van der Waals surface area contributed by atoms with Crippen molar-refractivity contribution in [3.05, 3.63) is 29.3 Å². The quantitative estimate of drug-likeness (QED) is 0.878. The zero-order valence-electron chi connectivity index (χ0n) is 11.6. The Balaban J connectivity index is 2.64. The lowest BCUT2D eigenvalue weighted by atomic mass is 10.1. The van der Waals surface area contributed by atoms with Gasteiger partial charge in [0.1, 0.15) is 11.8 Å². The van der Waals surface area contributed by atoms with Crippen LogP contribution in [0.25, 0.3) is 0 Å². The van der Waals surface area contributed by atoms with Crippen molar-refractivity contribution < 1.29 is 19.4 Å². The predicted octanol–water partition coefficient (Wildman–Crippen LogP) is 1.61. The number of carboxylic acid groups (broad SMARTS) is 1. The van der Waals surface area contributed by atoms with E-state index in [1.807, 2.05) is 32.0 Å². The third-order valence-electron chi connectivity index (χ3n) is 3.03. The van der Waals surface area contributed by atoms with Crippen molar-refractivity contribution in [2.45, 2.75) is 26.8 Å². The first kappa shape index (κ1) is 15.0. The van der Waals surface area contributed by atoms with Crippen LogP contribution in [-0.2, 0) is 9.59 Å². The molecule has 1 amide bonds. The number of amides is 1. The molecule has 0 heterocycles. The molecule has 1 rings (SSSR count). The monoisotopic (exact) mass is 265 g/mol. The smallest absolute Gasteiger partial charge is 0.326 e. The van der Waals surface area contributed by atoms with Crippen LogP contribution in [0.1, 0.15) is 18.1 Å². The van der Waals surface area contributed by atoms with Crippen LogP contribution < -0.4 is 4.74 Å². The Kier molecular flexibility index (Phi) is 4.92. The summed E-state index contributed by atoms with van der Waals surface area (Å²) in [7, 11) is 1.45. The Labute approximate surface area is 112 Å². The van der Waals surface area contributed by atoms with E-state index in [0.717, 1.165) is 16.0 Å². The van der Waals surface area contributed by atoms with Crippen LogP contribution in [0.4, 0.5) is 0 Å². The zero-order valence-corrected chi connectivity index (χ0v) is 11.6. The molecule has 1 aromatic rings. The van der Waals surface area contributed by atoms with Crippen molar-refractivity contribution >= 4 is 11.9 Å². The number of aryl methyl sites for hydroxylation is 2. The molecule has 1 unspecified atom stereocenters. The number of carbonyl (C=O) groups excluding carboxylic acids is 1. The summed E-state index contributed by atoms with van der Waals surface area (Å²) in [5, 5.41) is 8.83. The number of aliphatic carboxylic acids is 1. The number of carbonyl (C=O) groups is 2. The highest BCUT2D eigenvalue weighted by Gasteiger charge is 2.21. The van der Waals surface area contributed by atoms with Gasteiger partial charge in [0.05, 0.1) is 0 Å². The van der Waals surface area contributed by atoms with Crippen LogP contribution >= 0.6 is 0 Å². The van der Waals surface area contributed by atoms with Crippen molar-refractivity contribution in [1.29, 1.82) is 0 Å². The highest BCUT2D eigenvalue weighted by atomic mass is 16.5. The fourth-order valence-electron chi connectivity index (χ4n) is 1.49. The maximum absolute atomic E-state index is 11.8. The molecule has 0 aliphatic carbocycles. The number of likely N-dealkylation sites (N-methyl/N-ethyl adjacent to an activating group) is 1. The van der Waals surface area contributed by atoms with Gasteiger partial charge < -0.3 is 14.7 Å². The Morgan fingerprint density at radius 1 is 1.37 bits per heavy atom. The Bertz CT molecular complexity index is 484. The maximum Gasteiger partial charge on any atom is 0.326 e. The molecule has 0 radical (unpaired) electrons. The molecule has 0 fully saturated rings. The van der Waals surface area contributed by atoms with Crippen LogP contribution in [0.5, 0.6) is 5.75 Å². The summed E-state index contributed by atoms with van der Waals surface area (Å²) in [6.45, 7) is 5.12. The van der Waals surface area contributed by atoms with Crippen molar-refractivity contribution in [1.82, 2.24) is 4.90 Å². The normalized spacial score (nSPS) is 11.8. The summed E-state index contributed by atoms with van der Waals surface area (Å²) < 4.78 is 5.45. The molecule has 104 valence electrons. The summed E-state index contributed by atoms with van der Waals surface area (Å²) in [4.78, 5) is 23.7. The van der Waals surface area contributed by atoms with Gasteiger partial charge in [-0.15, -0.1) is 0 Å². The van der Waals surface area contributed by atoms with Crippen LogP contribution in [0, 0.1) is 13.8 Å². The Morgan fingerprint density at radius 3 is 2.58 bits per heavy atom. The number of hydrogen-bond donors (Lipinski definition) is 1. The first-order chi connectivity index (χ1) is 8.82. The third kappa shape index (κ3) is 3.98. The molecule has 0 aromatic heterocycles.